The first-order valence-electron chi connectivity index (χ1n) is 11.1. The van der Waals surface area contributed by atoms with E-state index in [2.05, 4.69) is 21.0 Å². The van der Waals surface area contributed by atoms with Crippen molar-refractivity contribution in [3.8, 4) is 0 Å². The lowest BCUT2D eigenvalue weighted by atomic mass is 9.95. The Morgan fingerprint density at radius 2 is 1.94 bits per heavy atom. The van der Waals surface area contributed by atoms with Crippen LogP contribution in [0.2, 0.25) is 0 Å². The van der Waals surface area contributed by atoms with Crippen molar-refractivity contribution < 1.29 is 9.53 Å². The number of carbonyl (C=O) groups excluding carboxylic acids is 1. The molecular formula is C26H27BrN4O3. The van der Waals surface area contributed by atoms with Gasteiger partial charge in [0.2, 0.25) is 0 Å². The van der Waals surface area contributed by atoms with Gasteiger partial charge in [0, 0.05) is 32.6 Å². The molecule has 0 unspecified atom stereocenters. The molecule has 0 aliphatic rings. The average Bonchev–Trinajstić information content (AvgIpc) is 3.16. The van der Waals surface area contributed by atoms with Crippen molar-refractivity contribution in [3.05, 3.63) is 74.9 Å². The van der Waals surface area contributed by atoms with Gasteiger partial charge in [0.05, 0.1) is 23.7 Å². The second-order valence-corrected chi connectivity index (χ2v) is 10.1. The van der Waals surface area contributed by atoms with E-state index in [9.17, 15) is 9.59 Å². The summed E-state index contributed by atoms with van der Waals surface area (Å²) in [5.41, 5.74) is 1.64. The molecule has 0 bridgehead atoms. The summed E-state index contributed by atoms with van der Waals surface area (Å²) < 4.78 is 9.26. The van der Waals surface area contributed by atoms with E-state index >= 15 is 0 Å². The zero-order chi connectivity index (χ0) is 24.6. The van der Waals surface area contributed by atoms with Crippen molar-refractivity contribution >= 4 is 49.9 Å². The van der Waals surface area contributed by atoms with Crippen molar-refractivity contribution in [2.45, 2.75) is 46.1 Å². The molecule has 2 heterocycles. The number of aromatic nitrogens is 3. The molecule has 1 atom stereocenters. The molecule has 0 amide bonds. The molecule has 0 saturated heterocycles. The van der Waals surface area contributed by atoms with Crippen molar-refractivity contribution in [2.24, 2.45) is 5.10 Å². The Balaban J connectivity index is 1.88. The molecule has 0 radical (unpaired) electrons. The summed E-state index contributed by atoms with van der Waals surface area (Å²) in [6, 6.07) is 12.7. The minimum absolute atomic E-state index is 0.240. The number of hydrogen-bond acceptors (Lipinski definition) is 5. The van der Waals surface area contributed by atoms with Crippen molar-refractivity contribution in [3.63, 3.8) is 0 Å². The number of fused-ring (bicyclic) bond motifs is 2. The molecule has 0 aliphatic carbocycles. The molecule has 176 valence electrons. The van der Waals surface area contributed by atoms with Crippen molar-refractivity contribution in [2.75, 3.05) is 6.61 Å². The normalized spacial score (nSPS) is 13.1. The van der Waals surface area contributed by atoms with E-state index in [-0.39, 0.29) is 11.5 Å². The van der Waals surface area contributed by atoms with E-state index in [1.165, 1.54) is 4.68 Å². The van der Waals surface area contributed by atoms with Gasteiger partial charge in [-0.1, -0.05) is 54.9 Å². The summed E-state index contributed by atoms with van der Waals surface area (Å²) in [6.07, 6.45) is 3.52. The lowest BCUT2D eigenvalue weighted by molar-refractivity contribution is -0.146. The van der Waals surface area contributed by atoms with Gasteiger partial charge in [0.15, 0.2) is 0 Å². The maximum absolute atomic E-state index is 13.4. The number of ether oxygens (including phenoxy) is 1. The fraction of sp³-hybridized carbons (Fsp3) is 0.308. The van der Waals surface area contributed by atoms with E-state index in [0.29, 0.717) is 23.3 Å². The highest BCUT2D eigenvalue weighted by Crippen LogP contribution is 2.26. The molecule has 7 nitrogen and oxygen atoms in total. The van der Waals surface area contributed by atoms with E-state index in [0.717, 1.165) is 20.9 Å². The highest BCUT2D eigenvalue weighted by molar-refractivity contribution is 9.10. The van der Waals surface area contributed by atoms with Crippen LogP contribution >= 0.6 is 15.9 Å². The zero-order valence-electron chi connectivity index (χ0n) is 19.9. The lowest BCUT2D eigenvalue weighted by Crippen LogP contribution is -2.29. The van der Waals surface area contributed by atoms with Gasteiger partial charge in [0.1, 0.15) is 11.9 Å². The van der Waals surface area contributed by atoms with Crippen LogP contribution in [0.15, 0.2) is 63.0 Å². The van der Waals surface area contributed by atoms with Crippen molar-refractivity contribution in [1.29, 1.82) is 0 Å². The van der Waals surface area contributed by atoms with Crippen molar-refractivity contribution in [1.82, 2.24) is 14.2 Å². The third-order valence-corrected chi connectivity index (χ3v) is 6.10. The summed E-state index contributed by atoms with van der Waals surface area (Å²) >= 11 is 3.44. The van der Waals surface area contributed by atoms with Crippen LogP contribution in [0.1, 0.15) is 52.0 Å². The molecule has 34 heavy (non-hydrogen) atoms. The first kappa shape index (κ1) is 23.9. The van der Waals surface area contributed by atoms with Gasteiger partial charge in [0.25, 0.3) is 5.56 Å². The summed E-state index contributed by atoms with van der Waals surface area (Å²) in [4.78, 5) is 30.6. The minimum atomic E-state index is -0.500. The molecule has 0 fully saturated rings. The lowest BCUT2D eigenvalue weighted by Gasteiger charge is -2.20. The van der Waals surface area contributed by atoms with Crippen LogP contribution in [0.25, 0.3) is 21.8 Å². The Labute approximate surface area is 206 Å². The topological polar surface area (TPSA) is 78.5 Å². The van der Waals surface area contributed by atoms with Gasteiger partial charge >= 0.3 is 5.97 Å². The van der Waals surface area contributed by atoms with Gasteiger partial charge in [-0.25, -0.2) is 9.78 Å². The monoisotopic (exact) mass is 522 g/mol. The quantitative estimate of drug-likeness (QED) is 0.259. The highest BCUT2D eigenvalue weighted by Gasteiger charge is 2.23. The Kier molecular flexibility index (Phi) is 6.45. The van der Waals surface area contributed by atoms with Crippen LogP contribution in [0.3, 0.4) is 0 Å². The molecule has 0 spiro atoms. The van der Waals surface area contributed by atoms with E-state index < -0.39 is 11.5 Å². The molecule has 0 N–H and O–H groups in total. The summed E-state index contributed by atoms with van der Waals surface area (Å²) in [6.45, 7) is 9.91. The largest absolute Gasteiger partial charge is 0.464 e. The van der Waals surface area contributed by atoms with Crippen LogP contribution in [-0.2, 0) is 14.9 Å². The third kappa shape index (κ3) is 4.42. The molecule has 4 aromatic rings. The molecule has 8 heteroatoms. The predicted molar refractivity (Wildman–Crippen MR) is 139 cm³/mol. The number of nitrogens with zero attached hydrogens (tertiary/aromatic N) is 4. The predicted octanol–water partition coefficient (Wildman–Crippen LogP) is 5.42. The average molecular weight is 523 g/mol. The molecule has 4 rings (SSSR count). The number of rotatable bonds is 5. The Hall–Kier alpha value is -3.26. The molecule has 0 aliphatic heterocycles. The fourth-order valence-electron chi connectivity index (χ4n) is 3.89. The van der Waals surface area contributed by atoms with Gasteiger partial charge in [-0.15, -0.1) is 0 Å². The summed E-state index contributed by atoms with van der Waals surface area (Å²) in [5.74, 6) is 0.259. The minimum Gasteiger partial charge on any atom is -0.464 e. The second-order valence-electron chi connectivity index (χ2n) is 9.15. The first-order chi connectivity index (χ1) is 16.1. The number of esters is 1. The second kappa shape index (κ2) is 9.18. The highest BCUT2D eigenvalue weighted by atomic mass is 79.9. The van der Waals surface area contributed by atoms with Crippen LogP contribution in [0.5, 0.6) is 0 Å². The Morgan fingerprint density at radius 1 is 1.21 bits per heavy atom. The van der Waals surface area contributed by atoms with Gasteiger partial charge < -0.3 is 9.30 Å². The van der Waals surface area contributed by atoms with Crippen LogP contribution in [0, 0.1) is 0 Å². The summed E-state index contributed by atoms with van der Waals surface area (Å²) in [7, 11) is 0. The number of carbonyl (C=O) groups is 1. The maximum atomic E-state index is 13.4. The maximum Gasteiger partial charge on any atom is 0.328 e. The SMILES string of the molecule is CCOC(=O)[C@H](C)n1cc(C=Nn2c(C(C)(C)C)nc3ccc(Br)cc3c2=O)c2ccccc21. The first-order valence-corrected chi connectivity index (χ1v) is 11.9. The Morgan fingerprint density at radius 3 is 2.65 bits per heavy atom. The number of hydrogen-bond donors (Lipinski definition) is 0. The number of halogens is 1. The third-order valence-electron chi connectivity index (χ3n) is 5.61. The van der Waals surface area contributed by atoms with E-state index in [4.69, 9.17) is 9.72 Å². The van der Waals surface area contributed by atoms with Gasteiger partial charge in [-0.3, -0.25) is 4.79 Å². The van der Waals surface area contributed by atoms with E-state index in [1.54, 1.807) is 26.1 Å². The Bertz CT molecular complexity index is 1480. The zero-order valence-corrected chi connectivity index (χ0v) is 21.5. The van der Waals surface area contributed by atoms with E-state index in [1.807, 2.05) is 67.9 Å². The number of benzene rings is 2. The number of para-hydroxylation sites is 1. The molecular weight excluding hydrogens is 496 g/mol. The standard InChI is InChI=1S/C26H27BrN4O3/c1-6-34-24(33)16(2)30-15-17(19-9-7-8-10-22(19)30)14-28-31-23(32)20-13-18(27)11-12-21(20)29-25(31)26(3,4)5/h7-16H,6H2,1-5H3/t16-/m0/s1. The molecule has 2 aromatic heterocycles. The van der Waals surface area contributed by atoms with Crippen LogP contribution < -0.4 is 5.56 Å². The van der Waals surface area contributed by atoms with Crippen LogP contribution in [-0.4, -0.2) is 33.0 Å². The fourth-order valence-corrected chi connectivity index (χ4v) is 4.25. The summed E-state index contributed by atoms with van der Waals surface area (Å²) in [5, 5.41) is 6.00. The molecule has 0 saturated carbocycles. The van der Waals surface area contributed by atoms with Crippen LogP contribution in [0.4, 0.5) is 0 Å². The van der Waals surface area contributed by atoms with Gasteiger partial charge in [-0.05, 0) is 38.1 Å². The molecule has 2 aromatic carbocycles. The van der Waals surface area contributed by atoms with Gasteiger partial charge in [-0.2, -0.15) is 9.78 Å². The smallest absolute Gasteiger partial charge is 0.328 e.